The predicted molar refractivity (Wildman–Crippen MR) is 130 cm³/mol. The summed E-state index contributed by atoms with van der Waals surface area (Å²) < 4.78 is 11.2. The molecule has 4 amide bonds. The van der Waals surface area contributed by atoms with Crippen LogP contribution in [-0.2, 0) is 38.8 Å². The molecule has 3 aliphatic rings. The van der Waals surface area contributed by atoms with Crippen molar-refractivity contribution in [3.8, 4) is 5.75 Å². The molecule has 0 aliphatic carbocycles. The van der Waals surface area contributed by atoms with Crippen LogP contribution in [0.3, 0.4) is 0 Å². The normalized spacial score (nSPS) is 19.9. The summed E-state index contributed by atoms with van der Waals surface area (Å²) in [6.45, 7) is 2.10. The van der Waals surface area contributed by atoms with Gasteiger partial charge >= 0.3 is 0 Å². The van der Waals surface area contributed by atoms with Gasteiger partial charge in [0.1, 0.15) is 40.7 Å². The molecule has 2 aromatic carbocycles. The Labute approximate surface area is 210 Å². The fourth-order valence-electron chi connectivity index (χ4n) is 4.72. The van der Waals surface area contributed by atoms with Crippen LogP contribution < -0.4 is 21.0 Å². The average Bonchev–Trinajstić information content (AvgIpc) is 3.20. The lowest BCUT2D eigenvalue weighted by atomic mass is 9.76. The summed E-state index contributed by atoms with van der Waals surface area (Å²) in [4.78, 5) is 52.2. The van der Waals surface area contributed by atoms with Gasteiger partial charge in [-0.05, 0) is 23.6 Å². The van der Waals surface area contributed by atoms with Crippen molar-refractivity contribution in [1.82, 2.24) is 15.1 Å². The molecule has 5 rings (SSSR count). The molecule has 0 spiro atoms. The summed E-state index contributed by atoms with van der Waals surface area (Å²) in [7, 11) is 12.2. The number of hydrogen-bond donors (Lipinski definition) is 1. The van der Waals surface area contributed by atoms with Crippen LogP contribution in [0.15, 0.2) is 30.3 Å². The van der Waals surface area contributed by atoms with Crippen molar-refractivity contribution in [2.24, 2.45) is 0 Å². The number of fused-ring (bicyclic) bond motifs is 1. The van der Waals surface area contributed by atoms with Gasteiger partial charge in [-0.15, -0.1) is 0 Å². The van der Waals surface area contributed by atoms with E-state index in [1.54, 1.807) is 11.0 Å². The lowest BCUT2D eigenvalue weighted by Crippen LogP contribution is -2.52. The van der Waals surface area contributed by atoms with Crippen molar-refractivity contribution in [2.45, 2.75) is 38.6 Å². The highest BCUT2D eigenvalue weighted by molar-refractivity contribution is 6.51. The van der Waals surface area contributed by atoms with E-state index < -0.39 is 17.9 Å². The first-order valence-electron chi connectivity index (χ1n) is 11.7. The molecule has 180 valence electrons. The number of carbonyl (C=O) groups excluding carboxylic acids is 4. The van der Waals surface area contributed by atoms with Crippen molar-refractivity contribution in [1.29, 1.82) is 0 Å². The van der Waals surface area contributed by atoms with Crippen LogP contribution in [0, 0.1) is 0 Å². The van der Waals surface area contributed by atoms with Gasteiger partial charge in [-0.1, -0.05) is 35.2 Å². The Kier molecular flexibility index (Phi) is 6.57. The Morgan fingerprint density at radius 2 is 1.83 bits per heavy atom. The zero-order valence-electron chi connectivity index (χ0n) is 19.6. The maximum Gasteiger partial charge on any atom is 0.254 e. The van der Waals surface area contributed by atoms with E-state index in [4.69, 9.17) is 25.2 Å². The molecular formula is C25H23B2N3O6. The third-order valence-corrected chi connectivity index (χ3v) is 6.73. The summed E-state index contributed by atoms with van der Waals surface area (Å²) in [6.07, 6.45) is 0.408. The zero-order valence-corrected chi connectivity index (χ0v) is 19.6. The SMILES string of the molecule is [B]c1cc(OCc2ccc(CN3CCOCC3=O)cc2)c2c(c1[B])C(=O)N(C1CCC(=O)NC1=O)C2. The van der Waals surface area contributed by atoms with Crippen LogP contribution >= 0.6 is 0 Å². The maximum absolute atomic E-state index is 13.2. The van der Waals surface area contributed by atoms with Crippen molar-refractivity contribution in [2.75, 3.05) is 19.8 Å². The monoisotopic (exact) mass is 483 g/mol. The molecule has 1 N–H and O–H groups in total. The second-order valence-electron chi connectivity index (χ2n) is 9.10. The lowest BCUT2D eigenvalue weighted by Gasteiger charge is -2.29. The molecule has 4 radical (unpaired) electrons. The average molecular weight is 483 g/mol. The number of imide groups is 1. The topological polar surface area (TPSA) is 105 Å². The van der Waals surface area contributed by atoms with Crippen molar-refractivity contribution < 1.29 is 28.7 Å². The van der Waals surface area contributed by atoms with E-state index in [2.05, 4.69) is 5.32 Å². The van der Waals surface area contributed by atoms with Gasteiger partial charge in [0.25, 0.3) is 5.91 Å². The highest BCUT2D eigenvalue weighted by atomic mass is 16.5. The summed E-state index contributed by atoms with van der Waals surface area (Å²) in [5.74, 6) is -0.862. The van der Waals surface area contributed by atoms with Gasteiger partial charge in [0.05, 0.1) is 13.2 Å². The number of hydrogen-bond acceptors (Lipinski definition) is 6. The van der Waals surface area contributed by atoms with Crippen LogP contribution in [0.25, 0.3) is 0 Å². The molecule has 0 bridgehead atoms. The van der Waals surface area contributed by atoms with Gasteiger partial charge in [-0.3, -0.25) is 24.5 Å². The molecular weight excluding hydrogens is 460 g/mol. The Bertz CT molecular complexity index is 1250. The van der Waals surface area contributed by atoms with E-state index in [0.29, 0.717) is 31.0 Å². The van der Waals surface area contributed by atoms with E-state index in [9.17, 15) is 19.2 Å². The predicted octanol–water partition coefficient (Wildman–Crippen LogP) is -1.03. The zero-order chi connectivity index (χ0) is 25.4. The van der Waals surface area contributed by atoms with Gasteiger partial charge in [-0.25, -0.2) is 0 Å². The van der Waals surface area contributed by atoms with Gasteiger partial charge in [0.2, 0.25) is 17.7 Å². The molecule has 2 aromatic rings. The van der Waals surface area contributed by atoms with Crippen LogP contribution in [0.1, 0.15) is 39.9 Å². The summed E-state index contributed by atoms with van der Waals surface area (Å²) in [6, 6.07) is 8.55. The first-order valence-corrected chi connectivity index (χ1v) is 11.7. The number of rotatable bonds is 6. The molecule has 3 heterocycles. The molecule has 0 aromatic heterocycles. The van der Waals surface area contributed by atoms with Gasteiger partial charge in [0, 0.05) is 30.6 Å². The highest BCUT2D eigenvalue weighted by Crippen LogP contribution is 2.32. The minimum Gasteiger partial charge on any atom is -0.489 e. The second-order valence-corrected chi connectivity index (χ2v) is 9.10. The molecule has 11 heteroatoms. The second kappa shape index (κ2) is 9.81. The molecule has 1 atom stereocenters. The molecule has 36 heavy (non-hydrogen) atoms. The van der Waals surface area contributed by atoms with Crippen LogP contribution in [-0.4, -0.2) is 74.9 Å². The first kappa shape index (κ1) is 24.1. The Morgan fingerprint density at radius 1 is 1.08 bits per heavy atom. The fraction of sp³-hybridized carbons (Fsp3) is 0.360. The molecule has 2 saturated heterocycles. The lowest BCUT2D eigenvalue weighted by molar-refractivity contribution is -0.143. The van der Waals surface area contributed by atoms with Gasteiger partial charge in [-0.2, -0.15) is 0 Å². The van der Waals surface area contributed by atoms with Crippen LogP contribution in [0.2, 0.25) is 0 Å². The third kappa shape index (κ3) is 4.63. The summed E-state index contributed by atoms with van der Waals surface area (Å²) in [5.41, 5.74) is 3.06. The summed E-state index contributed by atoms with van der Waals surface area (Å²) >= 11 is 0. The number of benzene rings is 2. The van der Waals surface area contributed by atoms with Crippen LogP contribution in [0.4, 0.5) is 0 Å². The van der Waals surface area contributed by atoms with E-state index >= 15 is 0 Å². The Balaban J connectivity index is 1.30. The number of morpholine rings is 1. The number of ether oxygens (including phenoxy) is 2. The number of amides is 4. The van der Waals surface area contributed by atoms with Gasteiger partial charge in [0.15, 0.2) is 0 Å². The van der Waals surface area contributed by atoms with Crippen molar-refractivity contribution >= 4 is 50.2 Å². The largest absolute Gasteiger partial charge is 0.489 e. The smallest absolute Gasteiger partial charge is 0.254 e. The Hall–Kier alpha value is -3.59. The van der Waals surface area contributed by atoms with E-state index in [0.717, 1.165) is 11.1 Å². The molecule has 9 nitrogen and oxygen atoms in total. The van der Waals surface area contributed by atoms with E-state index in [1.165, 1.54) is 4.90 Å². The maximum atomic E-state index is 13.2. The third-order valence-electron chi connectivity index (χ3n) is 6.73. The van der Waals surface area contributed by atoms with E-state index in [-0.39, 0.29) is 60.9 Å². The van der Waals surface area contributed by atoms with Gasteiger partial charge < -0.3 is 19.3 Å². The number of carbonyl (C=O) groups is 4. The quantitative estimate of drug-likeness (QED) is 0.417. The van der Waals surface area contributed by atoms with Crippen molar-refractivity contribution in [3.63, 3.8) is 0 Å². The number of nitrogens with one attached hydrogen (secondary N) is 1. The summed E-state index contributed by atoms with van der Waals surface area (Å²) in [5, 5.41) is 2.29. The number of nitrogens with zero attached hydrogens (tertiary/aromatic N) is 2. The standard InChI is InChI=1S/C25H23B2N3O6/c26-17-9-19(36-12-15-3-1-14(2-4-15)10-29-7-8-35-13-21(29)32)16-11-30(25(34)22(16)23(17)27)18-5-6-20(31)28-24(18)33/h1-4,9,18H,5-8,10-13H2,(H,28,31,33). The molecule has 0 saturated carbocycles. The van der Waals surface area contributed by atoms with Crippen LogP contribution in [0.5, 0.6) is 5.75 Å². The molecule has 3 aliphatic heterocycles. The minimum atomic E-state index is -0.762. The Morgan fingerprint density at radius 3 is 2.56 bits per heavy atom. The number of piperidine rings is 1. The molecule has 1 unspecified atom stereocenters. The highest BCUT2D eigenvalue weighted by Gasteiger charge is 2.41. The van der Waals surface area contributed by atoms with Crippen molar-refractivity contribution in [3.05, 3.63) is 52.6 Å². The van der Waals surface area contributed by atoms with E-state index in [1.807, 2.05) is 24.3 Å². The first-order chi connectivity index (χ1) is 17.3. The fourth-order valence-corrected chi connectivity index (χ4v) is 4.72. The minimum absolute atomic E-state index is 0.0237. The molecule has 2 fully saturated rings.